The molecule has 3 heteroatoms. The number of nitrogens with one attached hydrogen (secondary N) is 1. The van der Waals surface area contributed by atoms with Gasteiger partial charge in [-0.1, -0.05) is 27.7 Å². The largest absolute Gasteiger partial charge is 0.396 e. The van der Waals surface area contributed by atoms with Crippen LogP contribution in [0.3, 0.4) is 0 Å². The van der Waals surface area contributed by atoms with E-state index in [1.165, 1.54) is 12.8 Å². The van der Waals surface area contributed by atoms with Gasteiger partial charge in [0.15, 0.2) is 0 Å². The summed E-state index contributed by atoms with van der Waals surface area (Å²) in [5, 5.41) is 13.0. The molecule has 0 bridgehead atoms. The molecule has 0 aromatic rings. The zero-order valence-corrected chi connectivity index (χ0v) is 12.3. The molecule has 0 aliphatic heterocycles. The molecule has 2 aliphatic carbocycles. The Bertz CT molecular complexity index is 284. The number of hydrogen-bond donors (Lipinski definition) is 2. The van der Waals surface area contributed by atoms with Crippen molar-refractivity contribution >= 4 is 0 Å². The van der Waals surface area contributed by atoms with Crippen molar-refractivity contribution < 1.29 is 9.84 Å². The minimum atomic E-state index is 0.208. The maximum atomic E-state index is 9.32. The summed E-state index contributed by atoms with van der Waals surface area (Å²) >= 11 is 0. The number of hydrogen-bond acceptors (Lipinski definition) is 3. The molecular weight excluding hydrogens is 226 g/mol. The third-order valence-corrected chi connectivity index (χ3v) is 4.82. The number of ether oxygens (including phenoxy) is 1. The Morgan fingerprint density at radius 3 is 2.44 bits per heavy atom. The van der Waals surface area contributed by atoms with Gasteiger partial charge in [0.1, 0.15) is 0 Å². The Labute approximate surface area is 111 Å². The molecule has 0 aromatic carbocycles. The van der Waals surface area contributed by atoms with Gasteiger partial charge in [-0.3, -0.25) is 0 Å². The monoisotopic (exact) mass is 255 g/mol. The fourth-order valence-corrected chi connectivity index (χ4v) is 2.73. The fourth-order valence-electron chi connectivity index (χ4n) is 2.73. The van der Waals surface area contributed by atoms with Crippen LogP contribution in [0.4, 0.5) is 0 Å². The summed E-state index contributed by atoms with van der Waals surface area (Å²) in [5.41, 5.74) is 0.431. The first-order chi connectivity index (χ1) is 8.39. The van der Waals surface area contributed by atoms with Gasteiger partial charge < -0.3 is 15.2 Å². The maximum Gasteiger partial charge on any atom is 0.0656 e. The van der Waals surface area contributed by atoms with Gasteiger partial charge in [-0.05, 0) is 25.2 Å². The first kappa shape index (κ1) is 14.3. The minimum absolute atomic E-state index is 0.208. The molecule has 3 nitrogen and oxygen atoms in total. The summed E-state index contributed by atoms with van der Waals surface area (Å²) in [5.74, 6) is 0.608. The van der Waals surface area contributed by atoms with Crippen LogP contribution in [-0.4, -0.2) is 37.0 Å². The number of aliphatic hydroxyl groups is 1. The molecule has 2 atom stereocenters. The van der Waals surface area contributed by atoms with Crippen molar-refractivity contribution in [2.24, 2.45) is 16.7 Å². The van der Waals surface area contributed by atoms with Gasteiger partial charge in [0.05, 0.1) is 6.10 Å². The van der Waals surface area contributed by atoms with Gasteiger partial charge in [-0.2, -0.15) is 0 Å². The lowest BCUT2D eigenvalue weighted by atomic mass is 9.64. The summed E-state index contributed by atoms with van der Waals surface area (Å²) in [4.78, 5) is 0. The second kappa shape index (κ2) is 5.10. The molecule has 2 rings (SSSR count). The Kier molecular flexibility index (Phi) is 4.05. The van der Waals surface area contributed by atoms with Crippen molar-refractivity contribution in [3.63, 3.8) is 0 Å². The molecule has 2 unspecified atom stereocenters. The maximum absolute atomic E-state index is 9.32. The van der Waals surface area contributed by atoms with Crippen LogP contribution < -0.4 is 5.32 Å². The van der Waals surface area contributed by atoms with Crippen LogP contribution >= 0.6 is 0 Å². The van der Waals surface area contributed by atoms with Crippen molar-refractivity contribution in [3.8, 4) is 0 Å². The molecule has 0 saturated heterocycles. The van der Waals surface area contributed by atoms with E-state index >= 15 is 0 Å². The lowest BCUT2D eigenvalue weighted by Crippen LogP contribution is -2.61. The molecule has 2 N–H and O–H groups in total. The molecule has 2 aliphatic rings. The van der Waals surface area contributed by atoms with Crippen molar-refractivity contribution in [2.75, 3.05) is 19.8 Å². The van der Waals surface area contributed by atoms with Gasteiger partial charge in [0.25, 0.3) is 0 Å². The van der Waals surface area contributed by atoms with Crippen molar-refractivity contribution in [3.05, 3.63) is 0 Å². The summed E-state index contributed by atoms with van der Waals surface area (Å²) in [7, 11) is 0. The normalized spacial score (nSPS) is 32.3. The average molecular weight is 255 g/mol. The van der Waals surface area contributed by atoms with Gasteiger partial charge in [-0.25, -0.2) is 0 Å². The highest BCUT2D eigenvalue weighted by Crippen LogP contribution is 2.47. The SMILES string of the molecule is CC(C)COC1CC(NCC2(CO)CC2)C1(C)C. The lowest BCUT2D eigenvalue weighted by Gasteiger charge is -2.52. The zero-order valence-electron chi connectivity index (χ0n) is 12.3. The molecule has 0 amide bonds. The topological polar surface area (TPSA) is 41.5 Å². The number of aliphatic hydroxyl groups excluding tert-OH is 1. The van der Waals surface area contributed by atoms with Gasteiger partial charge >= 0.3 is 0 Å². The van der Waals surface area contributed by atoms with Crippen molar-refractivity contribution in [1.82, 2.24) is 5.32 Å². The third kappa shape index (κ3) is 2.89. The summed E-state index contributed by atoms with van der Waals surface area (Å²) < 4.78 is 5.97. The molecule has 2 saturated carbocycles. The first-order valence-corrected chi connectivity index (χ1v) is 7.35. The van der Waals surface area contributed by atoms with E-state index in [1.54, 1.807) is 0 Å². The molecule has 106 valence electrons. The zero-order chi connectivity index (χ0) is 13.4. The summed E-state index contributed by atoms with van der Waals surface area (Å²) in [6.07, 6.45) is 3.86. The second-order valence-corrected chi connectivity index (χ2v) is 7.36. The summed E-state index contributed by atoms with van der Waals surface area (Å²) in [6.45, 7) is 11.1. The predicted molar refractivity (Wildman–Crippen MR) is 73.5 cm³/mol. The molecule has 0 radical (unpaired) electrons. The van der Waals surface area contributed by atoms with E-state index < -0.39 is 0 Å². The predicted octanol–water partition coefficient (Wildman–Crippen LogP) is 2.19. The highest BCUT2D eigenvalue weighted by atomic mass is 16.5. The van der Waals surface area contributed by atoms with E-state index in [2.05, 4.69) is 33.0 Å². The molecule has 18 heavy (non-hydrogen) atoms. The summed E-state index contributed by atoms with van der Waals surface area (Å²) in [6, 6.07) is 0.540. The lowest BCUT2D eigenvalue weighted by molar-refractivity contribution is -0.124. The van der Waals surface area contributed by atoms with E-state index in [1.807, 2.05) is 0 Å². The van der Waals surface area contributed by atoms with E-state index in [0.717, 1.165) is 19.6 Å². The first-order valence-electron chi connectivity index (χ1n) is 7.35. The van der Waals surface area contributed by atoms with Crippen LogP contribution in [0, 0.1) is 16.7 Å². The third-order valence-electron chi connectivity index (χ3n) is 4.82. The van der Waals surface area contributed by atoms with Crippen LogP contribution in [0.5, 0.6) is 0 Å². The van der Waals surface area contributed by atoms with Crippen molar-refractivity contribution in [2.45, 2.75) is 59.1 Å². The quantitative estimate of drug-likeness (QED) is 0.733. The fraction of sp³-hybridized carbons (Fsp3) is 1.00. The average Bonchev–Trinajstić information content (AvgIpc) is 3.07. The molecule has 0 heterocycles. The smallest absolute Gasteiger partial charge is 0.0656 e. The van der Waals surface area contributed by atoms with E-state index in [-0.39, 0.29) is 10.8 Å². The highest BCUT2D eigenvalue weighted by molar-refractivity contribution is 5.05. The van der Waals surface area contributed by atoms with Crippen LogP contribution in [0.25, 0.3) is 0 Å². The van der Waals surface area contributed by atoms with E-state index in [9.17, 15) is 5.11 Å². The Morgan fingerprint density at radius 2 is 2.00 bits per heavy atom. The van der Waals surface area contributed by atoms with Gasteiger partial charge in [0, 0.05) is 36.6 Å². The van der Waals surface area contributed by atoms with Crippen LogP contribution in [0.15, 0.2) is 0 Å². The minimum Gasteiger partial charge on any atom is -0.396 e. The Balaban J connectivity index is 1.73. The van der Waals surface area contributed by atoms with E-state index in [4.69, 9.17) is 4.74 Å². The van der Waals surface area contributed by atoms with Crippen LogP contribution in [0.1, 0.15) is 47.0 Å². The van der Waals surface area contributed by atoms with Crippen LogP contribution in [-0.2, 0) is 4.74 Å². The molecule has 2 fully saturated rings. The standard InChI is InChI=1S/C15H29NO2/c1-11(2)8-18-13-7-12(14(13,3)4)16-9-15(10-17)5-6-15/h11-13,16-17H,5-10H2,1-4H3. The Hall–Kier alpha value is -0.120. The van der Waals surface area contributed by atoms with Crippen molar-refractivity contribution in [1.29, 1.82) is 0 Å². The second-order valence-electron chi connectivity index (χ2n) is 7.36. The highest BCUT2D eigenvalue weighted by Gasteiger charge is 2.50. The Morgan fingerprint density at radius 1 is 1.33 bits per heavy atom. The van der Waals surface area contributed by atoms with E-state index in [0.29, 0.717) is 24.7 Å². The van der Waals surface area contributed by atoms with Gasteiger partial charge in [-0.15, -0.1) is 0 Å². The molecular formula is C15H29NO2. The molecule has 0 aromatic heterocycles. The van der Waals surface area contributed by atoms with Crippen LogP contribution in [0.2, 0.25) is 0 Å². The molecule has 0 spiro atoms. The number of rotatable bonds is 7. The van der Waals surface area contributed by atoms with Gasteiger partial charge in [0.2, 0.25) is 0 Å².